The summed E-state index contributed by atoms with van der Waals surface area (Å²) < 4.78 is 16.3. The van der Waals surface area contributed by atoms with E-state index in [-0.39, 0.29) is 18.3 Å². The first-order chi connectivity index (χ1) is 12.7. The van der Waals surface area contributed by atoms with Crippen LogP contribution in [0.4, 0.5) is 0 Å². The Balaban J connectivity index is 1.36. The van der Waals surface area contributed by atoms with Crippen LogP contribution in [0.25, 0.3) is 10.2 Å². The third-order valence-corrected chi connectivity index (χ3v) is 5.69. The number of aromatic nitrogens is 2. The van der Waals surface area contributed by atoms with Crippen molar-refractivity contribution < 1.29 is 19.0 Å². The van der Waals surface area contributed by atoms with Gasteiger partial charge in [-0.25, -0.2) is 9.97 Å². The van der Waals surface area contributed by atoms with Crippen molar-refractivity contribution >= 4 is 50.9 Å². The molecule has 9 heteroatoms. The lowest BCUT2D eigenvalue weighted by atomic mass is 10.2. The summed E-state index contributed by atoms with van der Waals surface area (Å²) in [6.07, 6.45) is 1.50. The fraction of sp³-hybridized carbons (Fsp3) is 0.235. The summed E-state index contributed by atoms with van der Waals surface area (Å²) in [5.41, 5.74) is 0.750. The molecule has 4 rings (SSSR count). The number of halogens is 1. The first kappa shape index (κ1) is 17.4. The number of ether oxygens (including phenoxy) is 3. The molecule has 26 heavy (non-hydrogen) atoms. The summed E-state index contributed by atoms with van der Waals surface area (Å²) in [4.78, 5) is 21.4. The number of benzene rings is 1. The Kier molecular flexibility index (Phi) is 5.14. The van der Waals surface area contributed by atoms with Crippen LogP contribution in [-0.4, -0.2) is 34.9 Å². The van der Waals surface area contributed by atoms with E-state index in [2.05, 4.69) is 9.97 Å². The summed E-state index contributed by atoms with van der Waals surface area (Å²) in [6.45, 7) is 1.06. The lowest BCUT2D eigenvalue weighted by Crippen LogP contribution is -2.16. The van der Waals surface area contributed by atoms with E-state index in [0.29, 0.717) is 29.7 Å². The van der Waals surface area contributed by atoms with Crippen molar-refractivity contribution in [1.82, 2.24) is 9.97 Å². The molecule has 134 valence electrons. The van der Waals surface area contributed by atoms with Crippen LogP contribution in [0, 0.1) is 0 Å². The highest BCUT2D eigenvalue weighted by Crippen LogP contribution is 2.38. The summed E-state index contributed by atoms with van der Waals surface area (Å²) in [7, 11) is 0. The Hall–Kier alpha value is -2.03. The van der Waals surface area contributed by atoms with Crippen molar-refractivity contribution in [2.24, 2.45) is 0 Å². The van der Waals surface area contributed by atoms with E-state index in [0.717, 1.165) is 20.8 Å². The molecule has 0 saturated heterocycles. The third-order valence-electron chi connectivity index (χ3n) is 3.61. The van der Waals surface area contributed by atoms with Gasteiger partial charge in [-0.1, -0.05) is 23.4 Å². The second-order valence-electron chi connectivity index (χ2n) is 5.37. The topological polar surface area (TPSA) is 70.5 Å². The zero-order valence-corrected chi connectivity index (χ0v) is 15.8. The lowest BCUT2D eigenvalue weighted by molar-refractivity contribution is -0.141. The van der Waals surface area contributed by atoms with Crippen LogP contribution in [0.15, 0.2) is 34.9 Å². The predicted octanol–water partition coefficient (Wildman–Crippen LogP) is 3.95. The highest BCUT2D eigenvalue weighted by Gasteiger charge is 2.17. The molecule has 0 atom stereocenters. The fourth-order valence-corrected chi connectivity index (χ4v) is 4.33. The normalized spacial score (nSPS) is 13.0. The zero-order valence-electron chi connectivity index (χ0n) is 13.4. The number of hydrogen-bond acceptors (Lipinski definition) is 8. The molecule has 0 N–H and O–H groups in total. The first-order valence-electron chi connectivity index (χ1n) is 7.75. The van der Waals surface area contributed by atoms with E-state index in [1.807, 2.05) is 11.4 Å². The molecule has 0 saturated carbocycles. The van der Waals surface area contributed by atoms with Gasteiger partial charge in [0.25, 0.3) is 0 Å². The van der Waals surface area contributed by atoms with Gasteiger partial charge in [0.15, 0.2) is 11.5 Å². The standard InChI is InChI=1S/C17H13ClN2O4S2/c18-12-5-10(6-13-15(12)23-3-2-22-13)7-24-14(21)8-26-17-11-1-4-25-16(11)19-9-20-17/h1,4-6,9H,2-3,7-8H2. The number of thiophene rings is 1. The Morgan fingerprint density at radius 2 is 2.19 bits per heavy atom. The van der Waals surface area contributed by atoms with Crippen LogP contribution in [0.3, 0.4) is 0 Å². The van der Waals surface area contributed by atoms with Crippen molar-refractivity contribution in [3.63, 3.8) is 0 Å². The number of carbonyl (C=O) groups excluding carboxylic acids is 1. The summed E-state index contributed by atoms with van der Waals surface area (Å²) in [6, 6.07) is 5.44. The molecular formula is C17H13ClN2O4S2. The maximum atomic E-state index is 12.1. The van der Waals surface area contributed by atoms with Crippen LogP contribution >= 0.6 is 34.7 Å². The van der Waals surface area contributed by atoms with Gasteiger partial charge in [0.1, 0.15) is 36.0 Å². The summed E-state index contributed by atoms with van der Waals surface area (Å²) in [5.74, 6) is 0.945. The van der Waals surface area contributed by atoms with Crippen LogP contribution in [0.2, 0.25) is 5.02 Å². The minimum atomic E-state index is -0.331. The molecular weight excluding hydrogens is 396 g/mol. The molecule has 1 aliphatic heterocycles. The molecule has 0 unspecified atom stereocenters. The average molecular weight is 409 g/mol. The molecule has 3 aromatic rings. The second-order valence-corrected chi connectivity index (χ2v) is 7.64. The molecule has 0 spiro atoms. The summed E-state index contributed by atoms with van der Waals surface area (Å²) >= 11 is 9.06. The number of thioether (sulfide) groups is 1. The minimum Gasteiger partial charge on any atom is -0.486 e. The largest absolute Gasteiger partial charge is 0.486 e. The maximum absolute atomic E-state index is 12.1. The molecule has 3 heterocycles. The van der Waals surface area contributed by atoms with Crippen molar-refractivity contribution in [2.75, 3.05) is 19.0 Å². The van der Waals surface area contributed by atoms with Gasteiger partial charge in [0.05, 0.1) is 10.8 Å². The van der Waals surface area contributed by atoms with Crippen molar-refractivity contribution in [2.45, 2.75) is 11.6 Å². The Morgan fingerprint density at radius 3 is 3.12 bits per heavy atom. The SMILES string of the molecule is O=C(CSc1ncnc2sccc12)OCc1cc(Cl)c2c(c1)OCCO2. The number of carbonyl (C=O) groups is 1. The third kappa shape index (κ3) is 3.72. The van der Waals surface area contributed by atoms with Crippen molar-refractivity contribution in [3.8, 4) is 11.5 Å². The molecule has 0 fully saturated rings. The molecule has 2 aromatic heterocycles. The number of nitrogens with zero attached hydrogens (tertiary/aromatic N) is 2. The highest BCUT2D eigenvalue weighted by atomic mass is 35.5. The van der Waals surface area contributed by atoms with Crippen LogP contribution in [0.1, 0.15) is 5.56 Å². The van der Waals surface area contributed by atoms with Gasteiger partial charge in [-0.3, -0.25) is 4.79 Å². The molecule has 0 amide bonds. The summed E-state index contributed by atoms with van der Waals surface area (Å²) in [5, 5.41) is 4.13. The van der Waals surface area contributed by atoms with Gasteiger partial charge >= 0.3 is 5.97 Å². The average Bonchev–Trinajstić information content (AvgIpc) is 3.14. The van der Waals surface area contributed by atoms with Gasteiger partial charge in [-0.05, 0) is 29.1 Å². The van der Waals surface area contributed by atoms with E-state index < -0.39 is 0 Å². The van der Waals surface area contributed by atoms with Crippen LogP contribution in [-0.2, 0) is 16.1 Å². The Morgan fingerprint density at radius 1 is 1.31 bits per heavy atom. The number of fused-ring (bicyclic) bond motifs is 2. The van der Waals surface area contributed by atoms with Gasteiger partial charge in [0.2, 0.25) is 0 Å². The van der Waals surface area contributed by atoms with Crippen molar-refractivity contribution in [3.05, 3.63) is 40.5 Å². The molecule has 0 bridgehead atoms. The van der Waals surface area contributed by atoms with Gasteiger partial charge < -0.3 is 14.2 Å². The number of rotatable bonds is 5. The second kappa shape index (κ2) is 7.69. The van der Waals surface area contributed by atoms with Crippen molar-refractivity contribution in [1.29, 1.82) is 0 Å². The lowest BCUT2D eigenvalue weighted by Gasteiger charge is -2.20. The highest BCUT2D eigenvalue weighted by molar-refractivity contribution is 8.00. The minimum absolute atomic E-state index is 0.118. The van der Waals surface area contributed by atoms with Crippen LogP contribution < -0.4 is 9.47 Å². The van der Waals surface area contributed by atoms with E-state index in [1.165, 1.54) is 18.1 Å². The van der Waals surface area contributed by atoms with Gasteiger partial charge in [-0.15, -0.1) is 11.3 Å². The molecule has 6 nitrogen and oxygen atoms in total. The molecule has 1 aliphatic rings. The molecule has 0 aliphatic carbocycles. The van der Waals surface area contributed by atoms with Gasteiger partial charge in [0, 0.05) is 5.39 Å². The zero-order chi connectivity index (χ0) is 17.9. The predicted molar refractivity (Wildman–Crippen MR) is 100 cm³/mol. The maximum Gasteiger partial charge on any atom is 0.316 e. The first-order valence-corrected chi connectivity index (χ1v) is 9.99. The quantitative estimate of drug-likeness (QED) is 0.359. The fourth-order valence-electron chi connectivity index (χ4n) is 2.46. The van der Waals surface area contributed by atoms with E-state index >= 15 is 0 Å². The monoisotopic (exact) mass is 408 g/mol. The van der Waals surface area contributed by atoms with E-state index in [4.69, 9.17) is 25.8 Å². The van der Waals surface area contributed by atoms with Gasteiger partial charge in [-0.2, -0.15) is 0 Å². The molecule has 0 radical (unpaired) electrons. The van der Waals surface area contributed by atoms with E-state index in [9.17, 15) is 4.79 Å². The Labute approximate surface area is 162 Å². The molecule has 1 aromatic carbocycles. The number of esters is 1. The van der Waals surface area contributed by atoms with Crippen LogP contribution in [0.5, 0.6) is 11.5 Å². The number of hydrogen-bond donors (Lipinski definition) is 0. The Bertz CT molecular complexity index is 963. The smallest absolute Gasteiger partial charge is 0.316 e. The van der Waals surface area contributed by atoms with E-state index in [1.54, 1.807) is 23.5 Å².